The van der Waals surface area contributed by atoms with E-state index in [1.807, 2.05) is 30.3 Å². The standard InChI is InChI=1S/C23H29N3O3S/c1-2-3-4-8-17-29-20-14-12-19(13-15-20)22(28)25-26-23(30)24-21(27)16-11-18-9-6-5-7-10-18/h5-7,9-10,12-15H,2-4,8,11,16-17H2,1H3,(H,25,28)(H2,24,26,27,30). The molecule has 2 amide bonds. The minimum atomic E-state index is -0.356. The maximum absolute atomic E-state index is 12.2. The molecule has 2 rings (SSSR count). The lowest BCUT2D eigenvalue weighted by Gasteiger charge is -2.11. The molecule has 0 saturated carbocycles. The number of thiocarbonyl (C=S) groups is 1. The van der Waals surface area contributed by atoms with Gasteiger partial charge in [0.15, 0.2) is 5.11 Å². The first kappa shape index (κ1) is 23.3. The van der Waals surface area contributed by atoms with Crippen LogP contribution in [0.1, 0.15) is 54.9 Å². The molecule has 0 atom stereocenters. The quantitative estimate of drug-likeness (QED) is 0.304. The number of carbonyl (C=O) groups is 2. The molecule has 0 spiro atoms. The Balaban J connectivity index is 1.66. The largest absolute Gasteiger partial charge is 0.494 e. The molecule has 6 nitrogen and oxygen atoms in total. The van der Waals surface area contributed by atoms with Crippen molar-refractivity contribution in [2.24, 2.45) is 0 Å². The highest BCUT2D eigenvalue weighted by Crippen LogP contribution is 2.13. The summed E-state index contributed by atoms with van der Waals surface area (Å²) in [6.07, 6.45) is 5.51. The van der Waals surface area contributed by atoms with Crippen molar-refractivity contribution in [3.63, 3.8) is 0 Å². The Labute approximate surface area is 183 Å². The summed E-state index contributed by atoms with van der Waals surface area (Å²) in [6.45, 7) is 2.84. The van der Waals surface area contributed by atoms with E-state index in [4.69, 9.17) is 17.0 Å². The van der Waals surface area contributed by atoms with Gasteiger partial charge in [0.2, 0.25) is 5.91 Å². The number of hydrogen-bond acceptors (Lipinski definition) is 4. The van der Waals surface area contributed by atoms with Crippen molar-refractivity contribution in [1.29, 1.82) is 0 Å². The number of aryl methyl sites for hydroxylation is 1. The number of ether oxygens (including phenoxy) is 1. The van der Waals surface area contributed by atoms with Crippen LogP contribution in [0.25, 0.3) is 0 Å². The molecule has 0 aliphatic rings. The molecule has 0 aliphatic carbocycles. The van der Waals surface area contributed by atoms with E-state index < -0.39 is 0 Å². The van der Waals surface area contributed by atoms with Crippen molar-refractivity contribution in [3.8, 4) is 5.75 Å². The van der Waals surface area contributed by atoms with Crippen LogP contribution in [0.15, 0.2) is 54.6 Å². The molecule has 160 valence electrons. The summed E-state index contributed by atoms with van der Waals surface area (Å²) < 4.78 is 5.67. The van der Waals surface area contributed by atoms with Crippen molar-refractivity contribution >= 4 is 29.1 Å². The number of unbranched alkanes of at least 4 members (excludes halogenated alkanes) is 3. The molecule has 0 bridgehead atoms. The van der Waals surface area contributed by atoms with E-state index in [0.29, 0.717) is 25.0 Å². The maximum atomic E-state index is 12.2. The van der Waals surface area contributed by atoms with Gasteiger partial charge < -0.3 is 10.1 Å². The second-order valence-corrected chi connectivity index (χ2v) is 7.28. The second kappa shape index (κ2) is 13.3. The molecule has 0 saturated heterocycles. The zero-order chi connectivity index (χ0) is 21.6. The minimum Gasteiger partial charge on any atom is -0.494 e. The Hall–Kier alpha value is -2.93. The summed E-state index contributed by atoms with van der Waals surface area (Å²) in [5.74, 6) is 0.161. The van der Waals surface area contributed by atoms with Gasteiger partial charge in [-0.25, -0.2) is 0 Å². The number of hydrazine groups is 1. The van der Waals surface area contributed by atoms with Crippen LogP contribution in [0.2, 0.25) is 0 Å². The lowest BCUT2D eigenvalue weighted by molar-refractivity contribution is -0.119. The minimum absolute atomic E-state index is 0.0495. The summed E-state index contributed by atoms with van der Waals surface area (Å²) in [7, 11) is 0. The van der Waals surface area contributed by atoms with Gasteiger partial charge in [-0.3, -0.25) is 20.4 Å². The number of hydrogen-bond donors (Lipinski definition) is 3. The fraction of sp³-hybridized carbons (Fsp3) is 0.348. The number of amides is 2. The maximum Gasteiger partial charge on any atom is 0.269 e. The van der Waals surface area contributed by atoms with Crippen LogP contribution in [0.5, 0.6) is 5.75 Å². The van der Waals surface area contributed by atoms with Crippen molar-refractivity contribution in [2.75, 3.05) is 6.61 Å². The van der Waals surface area contributed by atoms with Crippen molar-refractivity contribution in [2.45, 2.75) is 45.4 Å². The van der Waals surface area contributed by atoms with E-state index >= 15 is 0 Å². The van der Waals surface area contributed by atoms with Gasteiger partial charge in [0.25, 0.3) is 5.91 Å². The molecule has 0 radical (unpaired) electrons. The normalized spacial score (nSPS) is 10.2. The first-order chi connectivity index (χ1) is 14.6. The molecule has 3 N–H and O–H groups in total. The number of benzene rings is 2. The van der Waals surface area contributed by atoms with Gasteiger partial charge in [0.1, 0.15) is 5.75 Å². The van der Waals surface area contributed by atoms with Crippen LogP contribution in [0.4, 0.5) is 0 Å². The Kier molecular flexibility index (Phi) is 10.4. The van der Waals surface area contributed by atoms with Gasteiger partial charge in [-0.2, -0.15) is 0 Å². The summed E-state index contributed by atoms with van der Waals surface area (Å²) in [4.78, 5) is 24.2. The van der Waals surface area contributed by atoms with Crippen molar-refractivity contribution in [3.05, 3.63) is 65.7 Å². The Bertz CT molecular complexity index is 810. The van der Waals surface area contributed by atoms with Crippen LogP contribution < -0.4 is 20.9 Å². The molecule has 0 unspecified atom stereocenters. The second-order valence-electron chi connectivity index (χ2n) is 6.88. The average molecular weight is 428 g/mol. The van der Waals surface area contributed by atoms with E-state index in [2.05, 4.69) is 23.1 Å². The molecule has 2 aromatic rings. The third-order valence-electron chi connectivity index (χ3n) is 4.41. The fourth-order valence-electron chi connectivity index (χ4n) is 2.73. The monoisotopic (exact) mass is 427 g/mol. The smallest absolute Gasteiger partial charge is 0.269 e. The van der Waals surface area contributed by atoms with Crippen LogP contribution >= 0.6 is 12.2 Å². The molecular weight excluding hydrogens is 398 g/mol. The molecule has 0 aliphatic heterocycles. The Morgan fingerprint density at radius 2 is 1.67 bits per heavy atom. The molecule has 0 aromatic heterocycles. The first-order valence-electron chi connectivity index (χ1n) is 10.3. The average Bonchev–Trinajstić information content (AvgIpc) is 2.77. The number of carbonyl (C=O) groups excluding carboxylic acids is 2. The molecule has 2 aromatic carbocycles. The van der Waals surface area contributed by atoms with Gasteiger partial charge in [0, 0.05) is 12.0 Å². The Morgan fingerprint density at radius 3 is 2.37 bits per heavy atom. The topological polar surface area (TPSA) is 79.5 Å². The van der Waals surface area contributed by atoms with Crippen molar-refractivity contribution in [1.82, 2.24) is 16.2 Å². The summed E-state index contributed by atoms with van der Waals surface area (Å²) >= 11 is 5.05. The van der Waals surface area contributed by atoms with E-state index in [1.165, 1.54) is 12.8 Å². The predicted molar refractivity (Wildman–Crippen MR) is 122 cm³/mol. The van der Waals surface area contributed by atoms with E-state index in [9.17, 15) is 9.59 Å². The van der Waals surface area contributed by atoms with Gasteiger partial charge in [-0.1, -0.05) is 56.5 Å². The number of nitrogens with one attached hydrogen (secondary N) is 3. The third kappa shape index (κ3) is 9.05. The van der Waals surface area contributed by atoms with E-state index in [0.717, 1.165) is 24.2 Å². The van der Waals surface area contributed by atoms with Crippen LogP contribution in [-0.4, -0.2) is 23.5 Å². The lowest BCUT2D eigenvalue weighted by atomic mass is 10.1. The molecule has 0 heterocycles. The van der Waals surface area contributed by atoms with E-state index in [-0.39, 0.29) is 16.9 Å². The highest BCUT2D eigenvalue weighted by atomic mass is 32.1. The van der Waals surface area contributed by atoms with Crippen molar-refractivity contribution < 1.29 is 14.3 Å². The SMILES string of the molecule is CCCCCCOc1ccc(C(=O)NNC(=S)NC(=O)CCc2ccccc2)cc1. The van der Waals surface area contributed by atoms with Gasteiger partial charge in [0.05, 0.1) is 6.61 Å². The molecule has 30 heavy (non-hydrogen) atoms. The van der Waals surface area contributed by atoms with Crippen LogP contribution in [-0.2, 0) is 11.2 Å². The third-order valence-corrected chi connectivity index (χ3v) is 4.61. The summed E-state index contributed by atoms with van der Waals surface area (Å²) in [5, 5.41) is 2.60. The highest BCUT2D eigenvalue weighted by Gasteiger charge is 2.08. The Morgan fingerprint density at radius 1 is 0.933 bits per heavy atom. The van der Waals surface area contributed by atoms with Crippen LogP contribution in [0, 0.1) is 0 Å². The summed E-state index contributed by atoms with van der Waals surface area (Å²) in [5.41, 5.74) is 6.56. The fourth-order valence-corrected chi connectivity index (χ4v) is 2.89. The zero-order valence-electron chi connectivity index (χ0n) is 17.3. The van der Waals surface area contributed by atoms with Gasteiger partial charge in [-0.05, 0) is 54.9 Å². The molecule has 7 heteroatoms. The number of rotatable bonds is 10. The summed E-state index contributed by atoms with van der Waals surface area (Å²) in [6, 6.07) is 16.6. The van der Waals surface area contributed by atoms with Crippen LogP contribution in [0.3, 0.4) is 0 Å². The zero-order valence-corrected chi connectivity index (χ0v) is 18.1. The molecular formula is C23H29N3O3S. The lowest BCUT2D eigenvalue weighted by Crippen LogP contribution is -2.48. The van der Waals surface area contributed by atoms with Gasteiger partial charge in [-0.15, -0.1) is 0 Å². The highest BCUT2D eigenvalue weighted by molar-refractivity contribution is 7.80. The van der Waals surface area contributed by atoms with E-state index in [1.54, 1.807) is 24.3 Å². The first-order valence-corrected chi connectivity index (χ1v) is 10.7. The predicted octanol–water partition coefficient (Wildman–Crippen LogP) is 3.91. The van der Waals surface area contributed by atoms with Gasteiger partial charge >= 0.3 is 0 Å². The molecule has 0 fully saturated rings.